The molecular weight excluding hydrogens is 284 g/mol. The molecule has 1 heterocycles. The van der Waals surface area contributed by atoms with E-state index in [0.29, 0.717) is 11.1 Å². The lowest BCUT2D eigenvalue weighted by Crippen LogP contribution is -1.90. The van der Waals surface area contributed by atoms with Crippen molar-refractivity contribution in [3.05, 3.63) is 57.6 Å². The van der Waals surface area contributed by atoms with Crippen molar-refractivity contribution in [1.29, 1.82) is 0 Å². The molecule has 2 aromatic carbocycles. The van der Waals surface area contributed by atoms with Crippen LogP contribution in [0.25, 0.3) is 11.1 Å². The summed E-state index contributed by atoms with van der Waals surface area (Å²) in [6.45, 7) is 0. The Morgan fingerprint density at radius 2 is 2.05 bits per heavy atom. The number of oxazole rings is 1. The summed E-state index contributed by atoms with van der Waals surface area (Å²) in [6, 6.07) is 11.1. The Bertz CT molecular complexity index is 767. The summed E-state index contributed by atoms with van der Waals surface area (Å²) in [4.78, 5) is 14.2. The first-order valence-corrected chi connectivity index (χ1v) is 5.98. The highest BCUT2D eigenvalue weighted by molar-refractivity contribution is 6.32. The number of rotatable bonds is 3. The van der Waals surface area contributed by atoms with Crippen LogP contribution in [0.4, 0.5) is 5.69 Å². The molecule has 0 saturated heterocycles. The molecule has 20 heavy (non-hydrogen) atoms. The highest BCUT2D eigenvalue weighted by Crippen LogP contribution is 2.33. The fourth-order valence-corrected chi connectivity index (χ4v) is 1.89. The molecule has 3 rings (SSSR count). The highest BCUT2D eigenvalue weighted by Gasteiger charge is 2.13. The molecule has 0 N–H and O–H groups in total. The van der Waals surface area contributed by atoms with Crippen molar-refractivity contribution in [2.24, 2.45) is 0 Å². The molecule has 0 saturated carbocycles. The molecule has 6 nitrogen and oxygen atoms in total. The minimum absolute atomic E-state index is 0.0296. The Labute approximate surface area is 117 Å². The Morgan fingerprint density at radius 3 is 2.75 bits per heavy atom. The molecule has 0 amide bonds. The molecule has 7 heteroatoms. The maximum absolute atomic E-state index is 10.6. The third-order valence-electron chi connectivity index (χ3n) is 2.60. The zero-order valence-electron chi connectivity index (χ0n) is 9.95. The first-order valence-electron chi connectivity index (χ1n) is 5.61. The van der Waals surface area contributed by atoms with Crippen LogP contribution < -0.4 is 4.74 Å². The summed E-state index contributed by atoms with van der Waals surface area (Å²) >= 11 is 5.92. The SMILES string of the molecule is O=[N+]([O-])c1ccc(Oc2nc3ccccc3o2)c(Cl)c1. The largest absolute Gasteiger partial charge is 0.409 e. The number of hydrogen-bond acceptors (Lipinski definition) is 5. The lowest BCUT2D eigenvalue weighted by atomic mass is 10.3. The maximum atomic E-state index is 10.6. The zero-order valence-corrected chi connectivity index (χ0v) is 10.7. The van der Waals surface area contributed by atoms with E-state index in [4.69, 9.17) is 20.8 Å². The summed E-state index contributed by atoms with van der Waals surface area (Å²) in [5, 5.41) is 10.7. The number of benzene rings is 2. The molecule has 100 valence electrons. The number of hydrogen-bond donors (Lipinski definition) is 0. The number of non-ortho nitro benzene ring substituents is 1. The van der Waals surface area contributed by atoms with Gasteiger partial charge in [0.1, 0.15) is 5.52 Å². The van der Waals surface area contributed by atoms with E-state index in [0.717, 1.165) is 0 Å². The molecular formula is C13H7ClN2O4. The van der Waals surface area contributed by atoms with Crippen molar-refractivity contribution >= 4 is 28.4 Å². The Hall–Kier alpha value is -2.60. The lowest BCUT2D eigenvalue weighted by Gasteiger charge is -2.02. The van der Waals surface area contributed by atoms with E-state index in [1.54, 1.807) is 12.1 Å². The third kappa shape index (κ3) is 2.28. The van der Waals surface area contributed by atoms with Crippen LogP contribution in [0.1, 0.15) is 0 Å². The van der Waals surface area contributed by atoms with Crippen molar-refractivity contribution in [1.82, 2.24) is 4.98 Å². The van der Waals surface area contributed by atoms with Crippen LogP contribution in [0.3, 0.4) is 0 Å². The number of nitro groups is 1. The molecule has 0 unspecified atom stereocenters. The summed E-state index contributed by atoms with van der Waals surface area (Å²) in [5.74, 6) is 0.240. The molecule has 0 aliphatic rings. The van der Waals surface area contributed by atoms with Gasteiger partial charge in [-0.25, -0.2) is 0 Å². The Balaban J connectivity index is 1.92. The van der Waals surface area contributed by atoms with Crippen molar-refractivity contribution in [2.45, 2.75) is 0 Å². The fourth-order valence-electron chi connectivity index (χ4n) is 1.67. The van der Waals surface area contributed by atoms with Gasteiger partial charge in [-0.05, 0) is 18.2 Å². The average Bonchev–Trinajstić information content (AvgIpc) is 2.83. The topological polar surface area (TPSA) is 78.4 Å². The normalized spacial score (nSPS) is 10.7. The van der Waals surface area contributed by atoms with Gasteiger partial charge in [-0.15, -0.1) is 0 Å². The Kier molecular flexibility index (Phi) is 3.00. The number of halogens is 1. The predicted octanol–water partition coefficient (Wildman–Crippen LogP) is 4.18. The van der Waals surface area contributed by atoms with Crippen LogP contribution in [0, 0.1) is 10.1 Å². The van der Waals surface area contributed by atoms with E-state index in [2.05, 4.69) is 4.98 Å². The summed E-state index contributed by atoms with van der Waals surface area (Å²) < 4.78 is 10.8. The van der Waals surface area contributed by atoms with Gasteiger partial charge in [0.25, 0.3) is 5.69 Å². The van der Waals surface area contributed by atoms with Gasteiger partial charge in [-0.2, -0.15) is 4.98 Å². The van der Waals surface area contributed by atoms with Crippen LogP contribution >= 0.6 is 11.6 Å². The van der Waals surface area contributed by atoms with E-state index in [9.17, 15) is 10.1 Å². The third-order valence-corrected chi connectivity index (χ3v) is 2.89. The molecule has 0 atom stereocenters. The van der Waals surface area contributed by atoms with Gasteiger partial charge >= 0.3 is 6.08 Å². The van der Waals surface area contributed by atoms with E-state index >= 15 is 0 Å². The van der Waals surface area contributed by atoms with Crippen molar-refractivity contribution in [3.63, 3.8) is 0 Å². The number of fused-ring (bicyclic) bond motifs is 1. The number of ether oxygens (including phenoxy) is 1. The highest BCUT2D eigenvalue weighted by atomic mass is 35.5. The van der Waals surface area contributed by atoms with Crippen molar-refractivity contribution < 1.29 is 14.1 Å². The molecule has 0 aliphatic carbocycles. The smallest absolute Gasteiger partial charge is 0.400 e. The molecule has 0 spiro atoms. The van der Waals surface area contributed by atoms with Gasteiger partial charge in [0, 0.05) is 12.1 Å². The molecule has 3 aromatic rings. The fraction of sp³-hybridized carbons (Fsp3) is 0. The van der Waals surface area contributed by atoms with Gasteiger partial charge in [0.15, 0.2) is 11.3 Å². The Morgan fingerprint density at radius 1 is 1.25 bits per heavy atom. The number of para-hydroxylation sites is 2. The van der Waals surface area contributed by atoms with Gasteiger partial charge in [0.2, 0.25) is 0 Å². The standard InChI is InChI=1S/C13H7ClN2O4/c14-9-7-8(16(17)18)5-6-11(9)19-13-15-10-3-1-2-4-12(10)20-13/h1-7H. The summed E-state index contributed by atoms with van der Waals surface area (Å²) in [7, 11) is 0. The second kappa shape index (κ2) is 4.82. The van der Waals surface area contributed by atoms with E-state index in [1.807, 2.05) is 12.1 Å². The van der Waals surface area contributed by atoms with Gasteiger partial charge in [0.05, 0.1) is 9.95 Å². The number of aromatic nitrogens is 1. The maximum Gasteiger partial charge on any atom is 0.400 e. The molecule has 0 bridgehead atoms. The van der Waals surface area contributed by atoms with Crippen LogP contribution in [-0.2, 0) is 0 Å². The van der Waals surface area contributed by atoms with Crippen molar-refractivity contribution in [2.75, 3.05) is 0 Å². The minimum atomic E-state index is -0.533. The van der Waals surface area contributed by atoms with Gasteiger partial charge in [-0.1, -0.05) is 23.7 Å². The first-order chi connectivity index (χ1) is 9.63. The number of nitro benzene ring substituents is 1. The average molecular weight is 291 g/mol. The van der Waals surface area contributed by atoms with E-state index < -0.39 is 4.92 Å². The molecule has 1 aromatic heterocycles. The van der Waals surface area contributed by atoms with Crippen molar-refractivity contribution in [3.8, 4) is 11.8 Å². The minimum Gasteiger partial charge on any atom is -0.409 e. The molecule has 0 radical (unpaired) electrons. The van der Waals surface area contributed by atoms with Crippen LogP contribution in [0.2, 0.25) is 5.02 Å². The lowest BCUT2D eigenvalue weighted by molar-refractivity contribution is -0.384. The van der Waals surface area contributed by atoms with Crippen LogP contribution in [0.15, 0.2) is 46.9 Å². The monoisotopic (exact) mass is 290 g/mol. The van der Waals surface area contributed by atoms with Crippen LogP contribution in [0.5, 0.6) is 11.8 Å². The summed E-state index contributed by atoms with van der Waals surface area (Å²) in [5.41, 5.74) is 1.13. The van der Waals surface area contributed by atoms with Gasteiger partial charge in [-0.3, -0.25) is 10.1 Å². The first kappa shape index (κ1) is 12.4. The van der Waals surface area contributed by atoms with E-state index in [1.165, 1.54) is 18.2 Å². The quantitative estimate of drug-likeness (QED) is 0.534. The zero-order chi connectivity index (χ0) is 14.1. The molecule has 0 fully saturated rings. The number of nitrogens with zero attached hydrogens (tertiary/aromatic N) is 2. The predicted molar refractivity (Wildman–Crippen MR) is 72.2 cm³/mol. The van der Waals surface area contributed by atoms with Crippen LogP contribution in [-0.4, -0.2) is 9.91 Å². The molecule has 0 aliphatic heterocycles. The summed E-state index contributed by atoms with van der Waals surface area (Å²) in [6.07, 6.45) is 0.0296. The van der Waals surface area contributed by atoms with Gasteiger partial charge < -0.3 is 9.15 Å². The second-order valence-electron chi connectivity index (χ2n) is 3.92. The second-order valence-corrected chi connectivity index (χ2v) is 4.33. The van der Waals surface area contributed by atoms with E-state index in [-0.39, 0.29) is 22.5 Å².